The average molecular weight is 459 g/mol. The number of carbonyl (C=O) groups is 1. The van der Waals surface area contributed by atoms with Gasteiger partial charge in [0.2, 0.25) is 9.84 Å². The summed E-state index contributed by atoms with van der Waals surface area (Å²) in [7, 11) is -3.59. The quantitative estimate of drug-likeness (QED) is 0.490. The van der Waals surface area contributed by atoms with Gasteiger partial charge >= 0.3 is 5.97 Å². The minimum Gasteiger partial charge on any atom is -0.489 e. The monoisotopic (exact) mass is 458 g/mol. The standard InChI is InChI=1S/C22H31FO7S/c1-22(2,3)30-21(24)9-4-17(14-23)15-28-18-5-7-20(8-6-18)31(25,26)16-29-19-10-12-27-13-11-19/h5-8,14,19H,4,9-13,15-16H2,1-3H3/b17-14+. The van der Waals surface area contributed by atoms with Crippen LogP contribution in [0, 0.1) is 0 Å². The Morgan fingerprint density at radius 3 is 2.39 bits per heavy atom. The van der Waals surface area contributed by atoms with Crippen molar-refractivity contribution in [2.24, 2.45) is 0 Å². The second kappa shape index (κ2) is 11.6. The molecule has 1 aliphatic rings. The van der Waals surface area contributed by atoms with Crippen LogP contribution in [-0.2, 0) is 28.8 Å². The maximum Gasteiger partial charge on any atom is 0.306 e. The third-order valence-electron chi connectivity index (χ3n) is 4.46. The molecule has 2 rings (SSSR count). The number of ether oxygens (including phenoxy) is 4. The fourth-order valence-electron chi connectivity index (χ4n) is 2.83. The first-order valence-electron chi connectivity index (χ1n) is 10.2. The van der Waals surface area contributed by atoms with Crippen molar-refractivity contribution in [2.45, 2.75) is 63.1 Å². The van der Waals surface area contributed by atoms with E-state index < -0.39 is 27.3 Å². The average Bonchev–Trinajstić information content (AvgIpc) is 2.72. The van der Waals surface area contributed by atoms with Gasteiger partial charge in [0.1, 0.15) is 18.0 Å². The Balaban J connectivity index is 1.81. The zero-order valence-electron chi connectivity index (χ0n) is 18.3. The predicted octanol–water partition coefficient (Wildman–Crippen LogP) is 3.97. The van der Waals surface area contributed by atoms with Crippen molar-refractivity contribution in [3.63, 3.8) is 0 Å². The second-order valence-corrected chi connectivity index (χ2v) is 10.3. The van der Waals surface area contributed by atoms with Crippen LogP contribution in [0.5, 0.6) is 5.75 Å². The lowest BCUT2D eigenvalue weighted by atomic mass is 10.1. The Kier molecular flexibility index (Phi) is 9.46. The molecule has 1 aliphatic heterocycles. The van der Waals surface area contributed by atoms with E-state index in [2.05, 4.69) is 0 Å². The molecule has 1 saturated heterocycles. The van der Waals surface area contributed by atoms with Crippen LogP contribution >= 0.6 is 0 Å². The lowest BCUT2D eigenvalue weighted by Crippen LogP contribution is -2.26. The lowest BCUT2D eigenvalue weighted by molar-refractivity contribution is -0.154. The van der Waals surface area contributed by atoms with Crippen molar-refractivity contribution in [1.29, 1.82) is 0 Å². The Morgan fingerprint density at radius 1 is 1.16 bits per heavy atom. The van der Waals surface area contributed by atoms with Crippen molar-refractivity contribution in [1.82, 2.24) is 0 Å². The van der Waals surface area contributed by atoms with Crippen LogP contribution in [0.15, 0.2) is 41.1 Å². The SMILES string of the molecule is CC(C)(C)OC(=O)CC/C(=C\F)COc1ccc(S(=O)(=O)COC2CCOCC2)cc1. The lowest BCUT2D eigenvalue weighted by Gasteiger charge is -2.22. The topological polar surface area (TPSA) is 88.1 Å². The van der Waals surface area contributed by atoms with Crippen LogP contribution in [0.3, 0.4) is 0 Å². The van der Waals surface area contributed by atoms with Gasteiger partial charge in [0.15, 0.2) is 5.94 Å². The van der Waals surface area contributed by atoms with Crippen molar-refractivity contribution in [3.05, 3.63) is 36.2 Å². The Morgan fingerprint density at radius 2 is 1.81 bits per heavy atom. The van der Waals surface area contributed by atoms with Gasteiger partial charge < -0.3 is 18.9 Å². The Hall–Kier alpha value is -1.97. The molecule has 7 nitrogen and oxygen atoms in total. The highest BCUT2D eigenvalue weighted by Crippen LogP contribution is 2.20. The van der Waals surface area contributed by atoms with E-state index in [1.54, 1.807) is 20.8 Å². The molecule has 0 radical (unpaired) electrons. The number of rotatable bonds is 10. The van der Waals surface area contributed by atoms with Gasteiger partial charge in [-0.25, -0.2) is 12.8 Å². The molecule has 0 amide bonds. The zero-order valence-corrected chi connectivity index (χ0v) is 19.1. The van der Waals surface area contributed by atoms with Crippen molar-refractivity contribution in [3.8, 4) is 5.75 Å². The van der Waals surface area contributed by atoms with Gasteiger partial charge in [0, 0.05) is 19.6 Å². The molecule has 174 valence electrons. The third-order valence-corrected chi connectivity index (χ3v) is 5.90. The van der Waals surface area contributed by atoms with Crippen LogP contribution in [0.1, 0.15) is 46.5 Å². The van der Waals surface area contributed by atoms with E-state index in [0.29, 0.717) is 43.7 Å². The molecule has 1 aromatic rings. The third kappa shape index (κ3) is 9.37. The van der Waals surface area contributed by atoms with Crippen LogP contribution < -0.4 is 4.74 Å². The van der Waals surface area contributed by atoms with Crippen LogP contribution in [-0.4, -0.2) is 51.9 Å². The molecule has 0 saturated carbocycles. The van der Waals surface area contributed by atoms with Gasteiger partial charge in [-0.3, -0.25) is 4.79 Å². The molecule has 0 atom stereocenters. The Bertz CT molecular complexity index is 836. The summed E-state index contributed by atoms with van der Waals surface area (Å²) in [5.41, 5.74) is -0.294. The smallest absolute Gasteiger partial charge is 0.306 e. The number of sulfone groups is 1. The molecule has 0 bridgehead atoms. The van der Waals surface area contributed by atoms with E-state index in [4.69, 9.17) is 18.9 Å². The van der Waals surface area contributed by atoms with Gasteiger partial charge in [-0.2, -0.15) is 0 Å². The largest absolute Gasteiger partial charge is 0.489 e. The molecule has 0 unspecified atom stereocenters. The zero-order chi connectivity index (χ0) is 22.9. The van der Waals surface area contributed by atoms with Gasteiger partial charge in [-0.1, -0.05) is 0 Å². The van der Waals surface area contributed by atoms with Gasteiger partial charge in [0.25, 0.3) is 0 Å². The van der Waals surface area contributed by atoms with Crippen LogP contribution in [0.2, 0.25) is 0 Å². The second-order valence-electron chi connectivity index (χ2n) is 8.32. The van der Waals surface area contributed by atoms with Gasteiger partial charge in [0.05, 0.1) is 17.3 Å². The molecular weight excluding hydrogens is 427 g/mol. The molecule has 1 fully saturated rings. The van der Waals surface area contributed by atoms with Crippen LogP contribution in [0.4, 0.5) is 4.39 Å². The van der Waals surface area contributed by atoms with Crippen molar-refractivity contribution < 1.29 is 36.6 Å². The maximum atomic E-state index is 13.1. The summed E-state index contributed by atoms with van der Waals surface area (Å²) in [5, 5.41) is 0. The summed E-state index contributed by atoms with van der Waals surface area (Å²) in [6.45, 7) is 6.38. The maximum absolute atomic E-state index is 13.1. The molecule has 9 heteroatoms. The molecule has 0 aliphatic carbocycles. The number of hydrogen-bond donors (Lipinski definition) is 0. The minimum absolute atomic E-state index is 0.0423. The van der Waals surface area contributed by atoms with E-state index in [1.807, 2.05) is 0 Å². The summed E-state index contributed by atoms with van der Waals surface area (Å²) < 4.78 is 59.5. The summed E-state index contributed by atoms with van der Waals surface area (Å²) >= 11 is 0. The van der Waals surface area contributed by atoms with E-state index in [1.165, 1.54) is 24.3 Å². The summed E-state index contributed by atoms with van der Waals surface area (Å²) in [5.74, 6) is -0.414. The molecule has 0 N–H and O–H groups in total. The molecule has 1 heterocycles. The van der Waals surface area contributed by atoms with E-state index in [0.717, 1.165) is 0 Å². The molecule has 0 spiro atoms. The van der Waals surface area contributed by atoms with E-state index >= 15 is 0 Å². The fraction of sp³-hybridized carbons (Fsp3) is 0.591. The van der Waals surface area contributed by atoms with Crippen LogP contribution in [0.25, 0.3) is 0 Å². The number of hydrogen-bond acceptors (Lipinski definition) is 7. The highest BCUT2D eigenvalue weighted by molar-refractivity contribution is 7.91. The first-order chi connectivity index (χ1) is 14.6. The summed E-state index contributed by atoms with van der Waals surface area (Å²) in [6.07, 6.45) is 1.87. The number of esters is 1. The van der Waals surface area contributed by atoms with E-state index in [9.17, 15) is 17.6 Å². The Labute approximate surface area is 183 Å². The normalized spacial score (nSPS) is 16.2. The molecule has 31 heavy (non-hydrogen) atoms. The van der Waals surface area contributed by atoms with E-state index in [-0.39, 0.29) is 30.4 Å². The number of halogens is 1. The number of carbonyl (C=O) groups excluding carboxylic acids is 1. The van der Waals surface area contributed by atoms with Crippen molar-refractivity contribution >= 4 is 15.8 Å². The first kappa shape index (κ1) is 25.3. The molecule has 1 aromatic carbocycles. The van der Waals surface area contributed by atoms with Gasteiger partial charge in [-0.05, 0) is 69.9 Å². The minimum atomic E-state index is -3.59. The number of benzene rings is 1. The highest BCUT2D eigenvalue weighted by Gasteiger charge is 2.20. The fourth-order valence-corrected chi connectivity index (χ4v) is 3.89. The summed E-state index contributed by atoms with van der Waals surface area (Å²) in [4.78, 5) is 11.9. The highest BCUT2D eigenvalue weighted by atomic mass is 32.2. The first-order valence-corrected chi connectivity index (χ1v) is 11.9. The predicted molar refractivity (Wildman–Crippen MR) is 113 cm³/mol. The van der Waals surface area contributed by atoms with Crippen molar-refractivity contribution in [2.75, 3.05) is 25.8 Å². The molecule has 0 aromatic heterocycles. The summed E-state index contributed by atoms with van der Waals surface area (Å²) in [6, 6.07) is 5.87. The molecular formula is C22H31FO7S. The van der Waals surface area contributed by atoms with Gasteiger partial charge in [-0.15, -0.1) is 0 Å².